The Morgan fingerprint density at radius 1 is 1.44 bits per heavy atom. The highest BCUT2D eigenvalue weighted by Crippen LogP contribution is 2.36. The monoisotopic (exact) mass is 283 g/mol. The van der Waals surface area contributed by atoms with E-state index in [1.54, 1.807) is 0 Å². The molecule has 3 rings (SSSR count). The third kappa shape index (κ3) is 1.93. The predicted molar refractivity (Wildman–Crippen MR) is 79.4 cm³/mol. The molecular weight excluding hydrogens is 267 g/mol. The van der Waals surface area contributed by atoms with Gasteiger partial charge in [0, 0.05) is 34.2 Å². The van der Waals surface area contributed by atoms with Crippen LogP contribution in [0.2, 0.25) is 5.02 Å². The molecule has 0 bridgehead atoms. The Hall–Kier alpha value is -0.700. The van der Waals surface area contributed by atoms with Gasteiger partial charge in [-0.1, -0.05) is 18.5 Å². The second-order valence-electron chi connectivity index (χ2n) is 4.64. The van der Waals surface area contributed by atoms with Crippen LogP contribution in [-0.2, 0) is 13.0 Å². The number of benzene rings is 1. The summed E-state index contributed by atoms with van der Waals surface area (Å²) in [6, 6.07) is 6.12. The van der Waals surface area contributed by atoms with Crippen molar-refractivity contribution in [2.24, 2.45) is 5.73 Å². The van der Waals surface area contributed by atoms with Gasteiger partial charge in [-0.15, -0.1) is 12.4 Å². The standard InChI is InChI=1S/C14H16ClN2.ClH/c1-2-11(16)14-10-8-9(15)5-6-12(10)17-7-3-4-13(14)17;/h2,5-6,8,11H,3-4,7,16H2,1H3;1H/t11-;/m0./s1. The van der Waals surface area contributed by atoms with E-state index in [4.69, 9.17) is 17.3 Å². The molecule has 2 heterocycles. The quantitative estimate of drug-likeness (QED) is 0.891. The van der Waals surface area contributed by atoms with Gasteiger partial charge in [-0.3, -0.25) is 0 Å². The van der Waals surface area contributed by atoms with Crippen molar-refractivity contribution in [3.63, 3.8) is 0 Å². The summed E-state index contributed by atoms with van der Waals surface area (Å²) in [5.74, 6) is 0. The topological polar surface area (TPSA) is 30.9 Å². The maximum absolute atomic E-state index is 6.22. The fourth-order valence-electron chi connectivity index (χ4n) is 2.87. The second kappa shape index (κ2) is 5.12. The summed E-state index contributed by atoms with van der Waals surface area (Å²) in [4.78, 5) is 0. The zero-order chi connectivity index (χ0) is 12.0. The Morgan fingerprint density at radius 3 is 2.94 bits per heavy atom. The fourth-order valence-corrected chi connectivity index (χ4v) is 3.05. The van der Waals surface area contributed by atoms with Crippen LogP contribution in [0.25, 0.3) is 10.9 Å². The van der Waals surface area contributed by atoms with Crippen molar-refractivity contribution < 1.29 is 0 Å². The van der Waals surface area contributed by atoms with Gasteiger partial charge < -0.3 is 10.3 Å². The molecule has 1 aliphatic rings. The van der Waals surface area contributed by atoms with E-state index >= 15 is 0 Å². The van der Waals surface area contributed by atoms with Crippen LogP contribution >= 0.6 is 24.0 Å². The zero-order valence-corrected chi connectivity index (χ0v) is 11.9. The Kier molecular flexibility index (Phi) is 3.90. The predicted octanol–water partition coefficient (Wildman–Crippen LogP) is 3.89. The first-order chi connectivity index (χ1) is 8.22. The van der Waals surface area contributed by atoms with Crippen LogP contribution in [0.1, 0.15) is 30.6 Å². The maximum Gasteiger partial charge on any atom is 0.0487 e. The molecule has 97 valence electrons. The number of nitrogens with zero attached hydrogens (tertiary/aromatic N) is 1. The third-order valence-corrected chi connectivity index (χ3v) is 3.90. The lowest BCUT2D eigenvalue weighted by Crippen LogP contribution is -2.11. The van der Waals surface area contributed by atoms with Gasteiger partial charge in [0.05, 0.1) is 0 Å². The first-order valence-electron chi connectivity index (χ1n) is 6.08. The van der Waals surface area contributed by atoms with Crippen molar-refractivity contribution >= 4 is 34.9 Å². The van der Waals surface area contributed by atoms with Crippen molar-refractivity contribution in [2.45, 2.75) is 32.4 Å². The molecule has 2 nitrogen and oxygen atoms in total. The minimum absolute atomic E-state index is 0. The van der Waals surface area contributed by atoms with Gasteiger partial charge in [0.1, 0.15) is 0 Å². The summed E-state index contributed by atoms with van der Waals surface area (Å²) in [5.41, 5.74) is 10.2. The van der Waals surface area contributed by atoms with Gasteiger partial charge in [-0.05, 0) is 43.0 Å². The number of halogens is 2. The van der Waals surface area contributed by atoms with Crippen LogP contribution in [0.4, 0.5) is 0 Å². The fraction of sp³-hybridized carbons (Fsp3) is 0.357. The number of rotatable bonds is 2. The summed E-state index contributed by atoms with van der Waals surface area (Å²) in [6.45, 7) is 3.12. The van der Waals surface area contributed by atoms with E-state index in [1.807, 2.05) is 19.1 Å². The molecule has 1 aromatic heterocycles. The highest BCUT2D eigenvalue weighted by Gasteiger charge is 2.23. The molecular formula is C14H17Cl2N2. The maximum atomic E-state index is 6.22. The normalized spacial score (nSPS) is 15.5. The number of hydrogen-bond donors (Lipinski definition) is 1. The van der Waals surface area contributed by atoms with Gasteiger partial charge in [-0.25, -0.2) is 0 Å². The van der Waals surface area contributed by atoms with E-state index in [1.165, 1.54) is 28.6 Å². The van der Waals surface area contributed by atoms with Crippen LogP contribution in [0.3, 0.4) is 0 Å². The molecule has 0 unspecified atom stereocenters. The first kappa shape index (κ1) is 13.7. The minimum Gasteiger partial charge on any atom is -0.344 e. The van der Waals surface area contributed by atoms with Crippen LogP contribution in [0, 0.1) is 6.42 Å². The molecule has 0 amide bonds. The van der Waals surface area contributed by atoms with Gasteiger partial charge in [0.25, 0.3) is 0 Å². The summed E-state index contributed by atoms with van der Waals surface area (Å²) < 4.78 is 2.39. The van der Waals surface area contributed by atoms with E-state index in [2.05, 4.69) is 17.1 Å². The summed E-state index contributed by atoms with van der Waals surface area (Å²) in [5, 5.41) is 2.00. The smallest absolute Gasteiger partial charge is 0.0487 e. The number of aromatic nitrogens is 1. The van der Waals surface area contributed by atoms with Crippen molar-refractivity contribution in [3.05, 3.63) is 40.9 Å². The highest BCUT2D eigenvalue weighted by molar-refractivity contribution is 6.31. The van der Waals surface area contributed by atoms with Crippen LogP contribution in [0.5, 0.6) is 0 Å². The van der Waals surface area contributed by atoms with Gasteiger partial charge >= 0.3 is 0 Å². The summed E-state index contributed by atoms with van der Waals surface area (Å²) >= 11 is 6.10. The summed E-state index contributed by atoms with van der Waals surface area (Å²) in [7, 11) is 0. The van der Waals surface area contributed by atoms with E-state index in [9.17, 15) is 0 Å². The van der Waals surface area contributed by atoms with Crippen LogP contribution < -0.4 is 5.73 Å². The average molecular weight is 284 g/mol. The molecule has 1 aromatic carbocycles. The van der Waals surface area contributed by atoms with Crippen molar-refractivity contribution in [3.8, 4) is 0 Å². The van der Waals surface area contributed by atoms with Gasteiger partial charge in [0.2, 0.25) is 0 Å². The Morgan fingerprint density at radius 2 is 2.22 bits per heavy atom. The molecule has 0 aliphatic carbocycles. The molecule has 1 aliphatic heterocycles. The Balaban J connectivity index is 0.00000120. The lowest BCUT2D eigenvalue weighted by atomic mass is 10.00. The van der Waals surface area contributed by atoms with E-state index in [-0.39, 0.29) is 18.4 Å². The lowest BCUT2D eigenvalue weighted by molar-refractivity contribution is 0.770. The SMILES string of the molecule is C[CH][C@H](N)c1c2n(c3ccc(Cl)cc13)CCC2.Cl. The number of hydrogen-bond acceptors (Lipinski definition) is 1. The van der Waals surface area contributed by atoms with Gasteiger partial charge in [-0.2, -0.15) is 0 Å². The molecule has 0 saturated carbocycles. The molecule has 0 spiro atoms. The molecule has 4 heteroatoms. The second-order valence-corrected chi connectivity index (χ2v) is 5.07. The molecule has 2 N–H and O–H groups in total. The van der Waals surface area contributed by atoms with E-state index < -0.39 is 0 Å². The first-order valence-corrected chi connectivity index (χ1v) is 6.45. The van der Waals surface area contributed by atoms with Crippen molar-refractivity contribution in [1.29, 1.82) is 0 Å². The van der Waals surface area contributed by atoms with Crippen molar-refractivity contribution in [2.75, 3.05) is 0 Å². The molecule has 0 saturated heterocycles. The minimum atomic E-state index is 0. The largest absolute Gasteiger partial charge is 0.344 e. The molecule has 2 aromatic rings. The molecule has 1 atom stereocenters. The average Bonchev–Trinajstić information content (AvgIpc) is 2.87. The van der Waals surface area contributed by atoms with E-state index in [0.29, 0.717) is 0 Å². The van der Waals surface area contributed by atoms with Crippen LogP contribution in [0.15, 0.2) is 18.2 Å². The Labute approximate surface area is 119 Å². The van der Waals surface area contributed by atoms with E-state index in [0.717, 1.165) is 18.0 Å². The zero-order valence-electron chi connectivity index (χ0n) is 10.3. The van der Waals surface area contributed by atoms with Crippen molar-refractivity contribution in [1.82, 2.24) is 4.57 Å². The third-order valence-electron chi connectivity index (χ3n) is 3.66. The van der Waals surface area contributed by atoms with Gasteiger partial charge in [0.15, 0.2) is 0 Å². The number of fused-ring (bicyclic) bond motifs is 3. The van der Waals surface area contributed by atoms with Crippen LogP contribution in [-0.4, -0.2) is 4.57 Å². The highest BCUT2D eigenvalue weighted by atomic mass is 35.5. The number of aryl methyl sites for hydroxylation is 1. The molecule has 0 fully saturated rings. The molecule has 18 heavy (non-hydrogen) atoms. The lowest BCUT2D eigenvalue weighted by Gasteiger charge is -2.10. The number of nitrogens with two attached hydrogens (primary N) is 1. The Bertz CT molecular complexity index is 575. The molecule has 1 radical (unpaired) electrons. The summed E-state index contributed by atoms with van der Waals surface area (Å²) in [6.07, 6.45) is 4.40.